The van der Waals surface area contributed by atoms with Crippen LogP contribution in [-0.2, 0) is 35.6 Å². The van der Waals surface area contributed by atoms with E-state index < -0.39 is 23.7 Å². The smallest absolute Gasteiger partial charge is 0.255 e. The molecule has 0 spiro atoms. The van der Waals surface area contributed by atoms with E-state index in [-0.39, 0.29) is 54.9 Å². The Morgan fingerprint density at radius 1 is 0.983 bits per heavy atom. The number of halogens is 1. The zero-order valence-corrected chi connectivity index (χ0v) is 33.7. The molecule has 2 aromatic carbocycles. The minimum atomic E-state index is -0.750. The third-order valence-corrected chi connectivity index (χ3v) is 11.6. The van der Waals surface area contributed by atoms with Gasteiger partial charge >= 0.3 is 0 Å². The van der Waals surface area contributed by atoms with Crippen molar-refractivity contribution in [2.75, 3.05) is 31.1 Å². The van der Waals surface area contributed by atoms with Crippen molar-refractivity contribution >= 4 is 40.3 Å². The molecule has 8 rings (SSSR count). The van der Waals surface area contributed by atoms with Crippen LogP contribution in [0.1, 0.15) is 94.7 Å². The van der Waals surface area contributed by atoms with Gasteiger partial charge in [-0.15, -0.1) is 0 Å². The van der Waals surface area contributed by atoms with Gasteiger partial charge in [0.1, 0.15) is 17.7 Å². The Balaban J connectivity index is 0.942. The van der Waals surface area contributed by atoms with E-state index in [0.717, 1.165) is 51.9 Å². The zero-order chi connectivity index (χ0) is 41.5. The largest absolute Gasteiger partial charge is 0.354 e. The van der Waals surface area contributed by atoms with Crippen molar-refractivity contribution in [3.63, 3.8) is 0 Å². The fourth-order valence-corrected chi connectivity index (χ4v) is 8.53. The summed E-state index contributed by atoms with van der Waals surface area (Å²) in [6.07, 6.45) is 5.55. The van der Waals surface area contributed by atoms with E-state index in [9.17, 15) is 24.0 Å². The van der Waals surface area contributed by atoms with Crippen LogP contribution in [-0.4, -0.2) is 85.4 Å². The highest BCUT2D eigenvalue weighted by molar-refractivity contribution is 6.08. The summed E-state index contributed by atoms with van der Waals surface area (Å²) in [7, 11) is 0. The lowest BCUT2D eigenvalue weighted by Crippen LogP contribution is -2.52. The third kappa shape index (κ3) is 7.86. The molecule has 0 saturated carbocycles. The number of carbonyl (C=O) groups is 4. The van der Waals surface area contributed by atoms with Crippen molar-refractivity contribution in [1.82, 2.24) is 40.2 Å². The van der Waals surface area contributed by atoms with Crippen molar-refractivity contribution in [2.45, 2.75) is 85.1 Å². The van der Waals surface area contributed by atoms with Crippen LogP contribution in [0.4, 0.5) is 10.2 Å². The van der Waals surface area contributed by atoms with Gasteiger partial charge in [0, 0.05) is 97.8 Å². The van der Waals surface area contributed by atoms with E-state index in [1.807, 2.05) is 62.0 Å². The summed E-state index contributed by atoms with van der Waals surface area (Å²) < 4.78 is 17.3. The number of aromatic nitrogens is 4. The van der Waals surface area contributed by atoms with Gasteiger partial charge in [0.15, 0.2) is 0 Å². The fourth-order valence-electron chi connectivity index (χ4n) is 8.53. The molecule has 5 aromatic rings. The second-order valence-corrected chi connectivity index (χ2v) is 16.0. The van der Waals surface area contributed by atoms with Gasteiger partial charge in [-0.25, -0.2) is 9.37 Å². The van der Waals surface area contributed by atoms with Gasteiger partial charge in [-0.2, -0.15) is 5.10 Å². The number of hydrogen-bond acceptors (Lipinski definition) is 9. The quantitative estimate of drug-likeness (QED) is 0.160. The van der Waals surface area contributed by atoms with E-state index in [1.165, 1.54) is 11.0 Å². The van der Waals surface area contributed by atoms with Gasteiger partial charge in [-0.05, 0) is 92.8 Å². The summed E-state index contributed by atoms with van der Waals surface area (Å²) >= 11 is 0. The second kappa shape index (κ2) is 16.2. The Morgan fingerprint density at radius 3 is 2.49 bits per heavy atom. The molecule has 3 aliphatic rings. The number of carbonyl (C=O) groups excluding carboxylic acids is 4. The number of aryl methyl sites for hydroxylation is 2. The van der Waals surface area contributed by atoms with E-state index in [0.29, 0.717) is 55.0 Å². The average molecular weight is 802 g/mol. The highest BCUT2D eigenvalue weighted by Crippen LogP contribution is 2.32. The zero-order valence-electron chi connectivity index (χ0n) is 33.7. The third-order valence-electron chi connectivity index (χ3n) is 11.6. The van der Waals surface area contributed by atoms with Crippen LogP contribution >= 0.6 is 0 Å². The van der Waals surface area contributed by atoms with Gasteiger partial charge in [0.2, 0.25) is 11.8 Å². The van der Waals surface area contributed by atoms with Crippen LogP contribution in [0.5, 0.6) is 0 Å². The number of nitrogens with zero attached hydrogens (tertiary/aromatic N) is 6. The van der Waals surface area contributed by atoms with Gasteiger partial charge in [-0.1, -0.05) is 13.3 Å². The van der Waals surface area contributed by atoms with Gasteiger partial charge in [0.25, 0.3) is 17.4 Å². The molecule has 2 fully saturated rings. The lowest BCUT2D eigenvalue weighted by molar-refractivity contribution is -0.136. The molecule has 2 saturated heterocycles. The van der Waals surface area contributed by atoms with Crippen LogP contribution in [0.2, 0.25) is 0 Å². The minimum Gasteiger partial charge on any atom is -0.354 e. The van der Waals surface area contributed by atoms with Crippen LogP contribution < -0.4 is 21.1 Å². The highest BCUT2D eigenvalue weighted by Gasteiger charge is 2.39. The van der Waals surface area contributed by atoms with Gasteiger partial charge in [-0.3, -0.25) is 38.9 Å². The normalized spacial score (nSPS) is 17.3. The molecule has 0 bridgehead atoms. The first-order valence-corrected chi connectivity index (χ1v) is 20.3. The molecule has 1 unspecified atom stereocenters. The Morgan fingerprint density at radius 2 is 1.78 bits per heavy atom. The number of hydrogen-bond donors (Lipinski definition) is 3. The molecule has 14 nitrogen and oxygen atoms in total. The van der Waals surface area contributed by atoms with Crippen molar-refractivity contribution in [3.8, 4) is 11.1 Å². The number of aromatic amines is 1. The molecule has 0 aliphatic carbocycles. The summed E-state index contributed by atoms with van der Waals surface area (Å²) in [5.74, 6) is -1.19. The SMILES string of the molecule is CCCc1cc(C)[nH]c(=O)c1CNC(=O)c1cc(-c2ccc(N3CCN(Cc4cc5c(cc4F)C(=O)N(C4CCC(=O)NC4=O)C5)CC3)nc2)cc2c1cnn2C(C)C. The number of nitrogens with one attached hydrogen (secondary N) is 3. The number of H-pyrrole nitrogens is 1. The minimum absolute atomic E-state index is 0.0549. The number of piperidine rings is 1. The molecule has 4 amide bonds. The number of imide groups is 1. The van der Waals surface area contributed by atoms with E-state index >= 15 is 4.39 Å². The Kier molecular flexibility index (Phi) is 10.9. The van der Waals surface area contributed by atoms with E-state index in [2.05, 4.69) is 37.4 Å². The average Bonchev–Trinajstić information content (AvgIpc) is 3.78. The van der Waals surface area contributed by atoms with E-state index in [1.54, 1.807) is 12.3 Å². The van der Waals surface area contributed by atoms with Gasteiger partial charge < -0.3 is 20.1 Å². The number of piperazine rings is 1. The predicted octanol–water partition coefficient (Wildman–Crippen LogP) is 4.78. The predicted molar refractivity (Wildman–Crippen MR) is 220 cm³/mol. The number of rotatable bonds is 11. The summed E-state index contributed by atoms with van der Waals surface area (Å²) in [6.45, 7) is 11.4. The number of amides is 4. The first-order chi connectivity index (χ1) is 28.4. The molecule has 0 radical (unpaired) electrons. The molecule has 15 heteroatoms. The van der Waals surface area contributed by atoms with Crippen LogP contribution in [0.15, 0.2) is 59.7 Å². The molecule has 6 heterocycles. The van der Waals surface area contributed by atoms with Gasteiger partial charge in [0.05, 0.1) is 17.3 Å². The number of fused-ring (bicyclic) bond motifs is 2. The Bertz CT molecular complexity index is 2540. The lowest BCUT2D eigenvalue weighted by Gasteiger charge is -2.35. The Labute approximate surface area is 340 Å². The Hall–Kier alpha value is -6.22. The van der Waals surface area contributed by atoms with Crippen LogP contribution in [0.3, 0.4) is 0 Å². The van der Waals surface area contributed by atoms with Crippen molar-refractivity contribution in [3.05, 3.63) is 110 Å². The summed E-state index contributed by atoms with van der Waals surface area (Å²) in [5, 5.41) is 10.6. The number of benzene rings is 2. The van der Waals surface area contributed by atoms with Crippen molar-refractivity contribution in [1.29, 1.82) is 0 Å². The molecule has 3 aromatic heterocycles. The topological polar surface area (TPSA) is 166 Å². The number of anilines is 1. The molecule has 59 heavy (non-hydrogen) atoms. The monoisotopic (exact) mass is 801 g/mol. The molecule has 306 valence electrons. The molecular formula is C44H48FN9O5. The van der Waals surface area contributed by atoms with Crippen LogP contribution in [0.25, 0.3) is 22.0 Å². The molecule has 3 N–H and O–H groups in total. The maximum atomic E-state index is 15.4. The molecule has 1 atom stereocenters. The van der Waals surface area contributed by atoms with Crippen molar-refractivity contribution < 1.29 is 23.6 Å². The fraction of sp³-hybridized carbons (Fsp3) is 0.386. The van der Waals surface area contributed by atoms with E-state index in [4.69, 9.17) is 4.98 Å². The lowest BCUT2D eigenvalue weighted by atomic mass is 10.00. The summed E-state index contributed by atoms with van der Waals surface area (Å²) in [4.78, 5) is 77.5. The maximum absolute atomic E-state index is 15.4. The first kappa shape index (κ1) is 39.6. The molecule has 3 aliphatic heterocycles. The molecular weight excluding hydrogens is 754 g/mol. The maximum Gasteiger partial charge on any atom is 0.255 e. The van der Waals surface area contributed by atoms with Crippen LogP contribution in [0, 0.1) is 12.7 Å². The summed E-state index contributed by atoms with van der Waals surface area (Å²) in [5.41, 5.74) is 6.45. The summed E-state index contributed by atoms with van der Waals surface area (Å²) in [6, 6.07) is 12.1. The number of pyridine rings is 2. The first-order valence-electron chi connectivity index (χ1n) is 20.3. The van der Waals surface area contributed by atoms with Crippen molar-refractivity contribution in [2.24, 2.45) is 0 Å². The highest BCUT2D eigenvalue weighted by atomic mass is 19.1. The second-order valence-electron chi connectivity index (χ2n) is 16.0. The standard InChI is InChI=1S/C44H48FN9O5/c1-5-6-27-15-26(4)49-42(57)34(27)21-47-41(56)33-17-29(18-38-35(33)22-48-54(38)25(2)3)28-7-9-39(46-20-28)52-13-11-51(12-14-52)23-31-16-30-24-53(44(59)32(30)19-36(31)45)37-8-10-40(55)50-43(37)58/h7,9,15-20,22,25,37H,5-6,8,10-14,21,23-24H2,1-4H3,(H,47,56)(H,49,57)(H,50,55,58).